The summed E-state index contributed by atoms with van der Waals surface area (Å²) in [6, 6.07) is 0. The van der Waals surface area contributed by atoms with Crippen molar-refractivity contribution in [2.24, 2.45) is 5.92 Å². The van der Waals surface area contributed by atoms with Gasteiger partial charge in [-0.3, -0.25) is 4.79 Å². The van der Waals surface area contributed by atoms with Gasteiger partial charge in [-0.05, 0) is 18.8 Å². The number of nitrogens with one attached hydrogen (secondary N) is 1. The van der Waals surface area contributed by atoms with Crippen molar-refractivity contribution in [2.75, 3.05) is 6.54 Å². The summed E-state index contributed by atoms with van der Waals surface area (Å²) in [6.45, 7) is 0.0146. The maximum atomic E-state index is 12.9. The van der Waals surface area contributed by atoms with Gasteiger partial charge in [0.15, 0.2) is 0 Å². The molecule has 86 valence electrons. The van der Waals surface area contributed by atoms with E-state index in [-0.39, 0.29) is 25.3 Å². The molecular weight excluding hydrogens is 208 g/mol. The summed E-state index contributed by atoms with van der Waals surface area (Å²) in [5.41, 5.74) is 0. The highest BCUT2D eigenvalue weighted by molar-refractivity contribution is 6.31. The standard InChI is InChI=1S/C9H13F2NO3/c10-9(11)3-1-2-6(4-9)5-12-7(13)8(14)15/h6H,1-5H2,(H,12,13)(H,14,15). The molecule has 2 N–H and O–H groups in total. The molecule has 1 saturated carbocycles. The summed E-state index contributed by atoms with van der Waals surface area (Å²) < 4.78 is 25.8. The van der Waals surface area contributed by atoms with E-state index in [9.17, 15) is 18.4 Å². The normalized spacial score (nSPS) is 24.5. The van der Waals surface area contributed by atoms with E-state index in [1.54, 1.807) is 0 Å². The summed E-state index contributed by atoms with van der Waals surface area (Å²) >= 11 is 0. The Labute approximate surface area is 85.7 Å². The Balaban J connectivity index is 2.33. The zero-order valence-corrected chi connectivity index (χ0v) is 8.13. The number of rotatable bonds is 2. The predicted molar refractivity (Wildman–Crippen MR) is 47.6 cm³/mol. The third-order valence-electron chi connectivity index (χ3n) is 2.49. The van der Waals surface area contributed by atoms with Gasteiger partial charge in [-0.25, -0.2) is 13.6 Å². The average Bonchev–Trinajstić information content (AvgIpc) is 2.12. The maximum absolute atomic E-state index is 12.9. The molecule has 1 atom stereocenters. The zero-order valence-electron chi connectivity index (χ0n) is 8.13. The van der Waals surface area contributed by atoms with E-state index in [1.165, 1.54) is 0 Å². The minimum absolute atomic E-state index is 0.0146. The van der Waals surface area contributed by atoms with Gasteiger partial charge in [-0.15, -0.1) is 0 Å². The molecule has 1 rings (SSSR count). The quantitative estimate of drug-likeness (QED) is 0.684. The fourth-order valence-corrected chi connectivity index (χ4v) is 1.76. The van der Waals surface area contributed by atoms with E-state index in [4.69, 9.17) is 5.11 Å². The van der Waals surface area contributed by atoms with Crippen molar-refractivity contribution < 1.29 is 23.5 Å². The summed E-state index contributed by atoms with van der Waals surface area (Å²) in [7, 11) is 0. The largest absolute Gasteiger partial charge is 0.474 e. The molecule has 1 fully saturated rings. The lowest BCUT2D eigenvalue weighted by Gasteiger charge is -2.28. The van der Waals surface area contributed by atoms with Crippen LogP contribution < -0.4 is 5.32 Å². The number of carboxylic acid groups (broad SMARTS) is 1. The van der Waals surface area contributed by atoms with Crippen molar-refractivity contribution in [1.29, 1.82) is 0 Å². The summed E-state index contributed by atoms with van der Waals surface area (Å²) in [5, 5.41) is 10.4. The Morgan fingerprint density at radius 1 is 1.47 bits per heavy atom. The van der Waals surface area contributed by atoms with Gasteiger partial charge in [0, 0.05) is 19.4 Å². The van der Waals surface area contributed by atoms with E-state index in [0.717, 1.165) is 0 Å². The molecule has 0 heterocycles. The molecule has 0 radical (unpaired) electrons. The van der Waals surface area contributed by atoms with Crippen LogP contribution in [-0.2, 0) is 9.59 Å². The minimum Gasteiger partial charge on any atom is -0.474 e. The maximum Gasteiger partial charge on any atom is 0.394 e. The summed E-state index contributed by atoms with van der Waals surface area (Å²) in [6.07, 6.45) is 0.638. The number of hydrogen-bond acceptors (Lipinski definition) is 2. The molecule has 0 spiro atoms. The number of hydrogen-bond donors (Lipinski definition) is 2. The van der Waals surface area contributed by atoms with Crippen molar-refractivity contribution in [3.8, 4) is 0 Å². The van der Waals surface area contributed by atoms with E-state index in [2.05, 4.69) is 5.32 Å². The Bertz CT molecular complexity index is 268. The Kier molecular flexibility index (Phi) is 3.60. The van der Waals surface area contributed by atoms with E-state index in [0.29, 0.717) is 12.8 Å². The number of halogens is 2. The second-order valence-corrected chi connectivity index (χ2v) is 3.83. The zero-order chi connectivity index (χ0) is 11.5. The molecular formula is C9H13F2NO3. The minimum atomic E-state index is -2.67. The number of alkyl halides is 2. The van der Waals surface area contributed by atoms with Crippen molar-refractivity contribution in [2.45, 2.75) is 31.6 Å². The fourth-order valence-electron chi connectivity index (χ4n) is 1.76. The highest BCUT2D eigenvalue weighted by Gasteiger charge is 2.36. The molecule has 1 aliphatic rings. The monoisotopic (exact) mass is 221 g/mol. The Morgan fingerprint density at radius 2 is 2.13 bits per heavy atom. The third kappa shape index (κ3) is 3.81. The van der Waals surface area contributed by atoms with Gasteiger partial charge in [0.25, 0.3) is 0 Å². The fraction of sp³-hybridized carbons (Fsp3) is 0.778. The van der Waals surface area contributed by atoms with Crippen LogP contribution in [-0.4, -0.2) is 29.5 Å². The number of carboxylic acids is 1. The molecule has 0 aliphatic heterocycles. The van der Waals surface area contributed by atoms with Gasteiger partial charge in [0.1, 0.15) is 0 Å². The topological polar surface area (TPSA) is 66.4 Å². The van der Waals surface area contributed by atoms with E-state index >= 15 is 0 Å². The van der Waals surface area contributed by atoms with Crippen LogP contribution in [0.5, 0.6) is 0 Å². The van der Waals surface area contributed by atoms with Crippen LogP contribution in [0.25, 0.3) is 0 Å². The van der Waals surface area contributed by atoms with E-state index in [1.807, 2.05) is 0 Å². The van der Waals surface area contributed by atoms with Crippen molar-refractivity contribution in [1.82, 2.24) is 5.32 Å². The molecule has 0 saturated heterocycles. The van der Waals surface area contributed by atoms with Crippen LogP contribution in [0.4, 0.5) is 8.78 Å². The molecule has 1 unspecified atom stereocenters. The molecule has 4 nitrogen and oxygen atoms in total. The van der Waals surface area contributed by atoms with Crippen LogP contribution in [0.2, 0.25) is 0 Å². The molecule has 1 amide bonds. The lowest BCUT2D eigenvalue weighted by atomic mass is 9.86. The SMILES string of the molecule is O=C(O)C(=O)NCC1CCCC(F)(F)C1. The van der Waals surface area contributed by atoms with E-state index < -0.39 is 17.8 Å². The lowest BCUT2D eigenvalue weighted by Crippen LogP contribution is -2.38. The van der Waals surface area contributed by atoms with Gasteiger partial charge < -0.3 is 10.4 Å². The molecule has 0 aromatic carbocycles. The third-order valence-corrected chi connectivity index (χ3v) is 2.49. The van der Waals surface area contributed by atoms with Gasteiger partial charge in [0.05, 0.1) is 0 Å². The molecule has 1 aliphatic carbocycles. The second-order valence-electron chi connectivity index (χ2n) is 3.83. The van der Waals surface area contributed by atoms with Crippen LogP contribution in [0.3, 0.4) is 0 Å². The predicted octanol–water partition coefficient (Wildman–Crippen LogP) is 1.01. The van der Waals surface area contributed by atoms with Gasteiger partial charge in [-0.2, -0.15) is 0 Å². The first-order valence-electron chi connectivity index (χ1n) is 4.80. The highest BCUT2D eigenvalue weighted by atomic mass is 19.3. The molecule has 0 aromatic rings. The highest BCUT2D eigenvalue weighted by Crippen LogP contribution is 2.36. The molecule has 15 heavy (non-hydrogen) atoms. The van der Waals surface area contributed by atoms with Crippen LogP contribution >= 0.6 is 0 Å². The first kappa shape index (κ1) is 11.9. The van der Waals surface area contributed by atoms with Gasteiger partial charge in [-0.1, -0.05) is 0 Å². The number of amides is 1. The number of aliphatic carboxylic acids is 1. The Morgan fingerprint density at radius 3 is 2.67 bits per heavy atom. The number of carbonyl (C=O) groups is 2. The first-order chi connectivity index (χ1) is 6.91. The second kappa shape index (κ2) is 4.55. The molecule has 0 bridgehead atoms. The van der Waals surface area contributed by atoms with Crippen LogP contribution in [0.15, 0.2) is 0 Å². The summed E-state index contributed by atoms with van der Waals surface area (Å²) in [5.74, 6) is -5.71. The van der Waals surface area contributed by atoms with Crippen molar-refractivity contribution in [3.05, 3.63) is 0 Å². The van der Waals surface area contributed by atoms with Crippen LogP contribution in [0, 0.1) is 5.92 Å². The van der Waals surface area contributed by atoms with Gasteiger partial charge >= 0.3 is 11.9 Å². The first-order valence-corrected chi connectivity index (χ1v) is 4.80. The summed E-state index contributed by atoms with van der Waals surface area (Å²) in [4.78, 5) is 20.8. The van der Waals surface area contributed by atoms with Crippen LogP contribution in [0.1, 0.15) is 25.7 Å². The lowest BCUT2D eigenvalue weighted by molar-refractivity contribution is -0.150. The number of carbonyl (C=O) groups excluding carboxylic acids is 1. The van der Waals surface area contributed by atoms with Crippen molar-refractivity contribution in [3.63, 3.8) is 0 Å². The Hall–Kier alpha value is -1.20. The van der Waals surface area contributed by atoms with Crippen molar-refractivity contribution >= 4 is 11.9 Å². The molecule has 6 heteroatoms. The average molecular weight is 221 g/mol. The smallest absolute Gasteiger partial charge is 0.394 e. The van der Waals surface area contributed by atoms with Gasteiger partial charge in [0.2, 0.25) is 5.92 Å². The molecule has 0 aromatic heterocycles.